The first-order chi connectivity index (χ1) is 3.00. The van der Waals surface area contributed by atoms with Gasteiger partial charge in [0.2, 0.25) is 0 Å². The zero-order valence-electron chi connectivity index (χ0n) is 4.41. The SMILES string of the molecule is C1CNCCN1.[B]. The summed E-state index contributed by atoms with van der Waals surface area (Å²) in [5.41, 5.74) is 0. The zero-order valence-corrected chi connectivity index (χ0v) is 4.41. The van der Waals surface area contributed by atoms with Crippen LogP contribution in [0.15, 0.2) is 0 Å². The van der Waals surface area contributed by atoms with E-state index in [4.69, 9.17) is 0 Å². The van der Waals surface area contributed by atoms with Crippen molar-refractivity contribution < 1.29 is 0 Å². The third-order valence-electron chi connectivity index (χ3n) is 0.957. The molecular weight excluding hydrogens is 86.9 g/mol. The second-order valence-corrected chi connectivity index (χ2v) is 1.50. The molecule has 0 aromatic rings. The minimum Gasteiger partial charge on any atom is -0.314 e. The van der Waals surface area contributed by atoms with Crippen LogP contribution in [0.1, 0.15) is 0 Å². The maximum Gasteiger partial charge on any atom is 0.00772 e. The van der Waals surface area contributed by atoms with E-state index in [1.54, 1.807) is 0 Å². The van der Waals surface area contributed by atoms with Crippen molar-refractivity contribution in [2.24, 2.45) is 0 Å². The van der Waals surface area contributed by atoms with E-state index in [1.807, 2.05) is 0 Å². The molecule has 0 aromatic carbocycles. The summed E-state index contributed by atoms with van der Waals surface area (Å²) >= 11 is 0. The van der Waals surface area contributed by atoms with Gasteiger partial charge < -0.3 is 10.6 Å². The molecule has 0 aromatic heterocycles. The second-order valence-electron chi connectivity index (χ2n) is 1.50. The lowest BCUT2D eigenvalue weighted by Crippen LogP contribution is -2.39. The summed E-state index contributed by atoms with van der Waals surface area (Å²) < 4.78 is 0. The third kappa shape index (κ3) is 2.65. The van der Waals surface area contributed by atoms with Crippen molar-refractivity contribution in [2.45, 2.75) is 0 Å². The molecule has 0 atom stereocenters. The molecule has 39 valence electrons. The van der Waals surface area contributed by atoms with Gasteiger partial charge in [-0.15, -0.1) is 0 Å². The van der Waals surface area contributed by atoms with Crippen molar-refractivity contribution in [3.8, 4) is 0 Å². The van der Waals surface area contributed by atoms with E-state index in [1.165, 1.54) is 0 Å². The highest BCUT2D eigenvalue weighted by atomic mass is 15.0. The fourth-order valence-corrected chi connectivity index (χ4v) is 0.604. The predicted octanol–water partition coefficient (Wildman–Crippen LogP) is -1.20. The lowest BCUT2D eigenvalue weighted by atomic mass is 10.4. The molecule has 0 bridgehead atoms. The van der Waals surface area contributed by atoms with Crippen LogP contribution in [0.4, 0.5) is 0 Å². The normalized spacial score (nSPS) is 20.6. The van der Waals surface area contributed by atoms with Gasteiger partial charge in [0.05, 0.1) is 0 Å². The van der Waals surface area contributed by atoms with E-state index in [-0.39, 0.29) is 8.41 Å². The molecule has 0 unspecified atom stereocenters. The van der Waals surface area contributed by atoms with Crippen LogP contribution >= 0.6 is 0 Å². The molecule has 2 nitrogen and oxygen atoms in total. The Morgan fingerprint density at radius 3 is 1.14 bits per heavy atom. The average Bonchev–Trinajstić information content (AvgIpc) is 1.72. The number of rotatable bonds is 0. The van der Waals surface area contributed by atoms with Crippen molar-refractivity contribution in [1.29, 1.82) is 0 Å². The van der Waals surface area contributed by atoms with Crippen LogP contribution in [0, 0.1) is 0 Å². The van der Waals surface area contributed by atoms with E-state index in [0.29, 0.717) is 0 Å². The van der Waals surface area contributed by atoms with Crippen LogP contribution in [-0.4, -0.2) is 34.6 Å². The lowest BCUT2D eigenvalue weighted by Gasteiger charge is -2.11. The van der Waals surface area contributed by atoms with Gasteiger partial charge in [-0.1, -0.05) is 0 Å². The van der Waals surface area contributed by atoms with Crippen molar-refractivity contribution in [1.82, 2.24) is 10.6 Å². The van der Waals surface area contributed by atoms with Crippen LogP contribution in [0.2, 0.25) is 0 Å². The summed E-state index contributed by atoms with van der Waals surface area (Å²) in [6.45, 7) is 4.56. The number of hydrogen-bond donors (Lipinski definition) is 2. The molecule has 2 N–H and O–H groups in total. The number of nitrogens with one attached hydrogen (secondary N) is 2. The van der Waals surface area contributed by atoms with Crippen molar-refractivity contribution in [3.63, 3.8) is 0 Å². The Balaban J connectivity index is 0.000000360. The Bertz CT molecular complexity index is 25.2. The molecule has 1 aliphatic heterocycles. The van der Waals surface area contributed by atoms with Crippen LogP contribution < -0.4 is 10.6 Å². The van der Waals surface area contributed by atoms with E-state index in [9.17, 15) is 0 Å². The molecule has 7 heavy (non-hydrogen) atoms. The van der Waals surface area contributed by atoms with E-state index < -0.39 is 0 Å². The zero-order chi connectivity index (χ0) is 4.24. The van der Waals surface area contributed by atoms with Crippen LogP contribution in [0.3, 0.4) is 0 Å². The van der Waals surface area contributed by atoms with Gasteiger partial charge in [-0.3, -0.25) is 0 Å². The Morgan fingerprint density at radius 2 is 1.00 bits per heavy atom. The highest BCUT2D eigenvalue weighted by Gasteiger charge is 1.91. The first-order valence-electron chi connectivity index (χ1n) is 2.41. The smallest absolute Gasteiger partial charge is 0.00772 e. The van der Waals surface area contributed by atoms with Crippen molar-refractivity contribution >= 4 is 8.41 Å². The highest BCUT2D eigenvalue weighted by Crippen LogP contribution is 1.65. The van der Waals surface area contributed by atoms with Crippen LogP contribution in [-0.2, 0) is 0 Å². The maximum absolute atomic E-state index is 3.22. The molecule has 0 aliphatic carbocycles. The average molecular weight is 97.0 g/mol. The van der Waals surface area contributed by atoms with Gasteiger partial charge >= 0.3 is 0 Å². The predicted molar refractivity (Wildman–Crippen MR) is 31.5 cm³/mol. The monoisotopic (exact) mass is 97.1 g/mol. The molecule has 3 radical (unpaired) electrons. The summed E-state index contributed by atoms with van der Waals surface area (Å²) in [6.07, 6.45) is 0. The largest absolute Gasteiger partial charge is 0.314 e. The van der Waals surface area contributed by atoms with Gasteiger partial charge in [-0.2, -0.15) is 0 Å². The van der Waals surface area contributed by atoms with Gasteiger partial charge in [-0.05, 0) is 0 Å². The van der Waals surface area contributed by atoms with Crippen molar-refractivity contribution in [2.75, 3.05) is 26.2 Å². The summed E-state index contributed by atoms with van der Waals surface area (Å²) in [5, 5.41) is 6.44. The molecular formula is C4H10BN2. The van der Waals surface area contributed by atoms with E-state index in [0.717, 1.165) is 26.2 Å². The number of piperazine rings is 1. The standard InChI is InChI=1S/C4H10N2.B/c1-2-6-4-3-5-1;/h5-6H,1-4H2;. The molecule has 3 heteroatoms. The summed E-state index contributed by atoms with van der Waals surface area (Å²) in [6, 6.07) is 0. The molecule has 1 rings (SSSR count). The molecule has 0 spiro atoms. The molecule has 0 amide bonds. The van der Waals surface area contributed by atoms with Crippen LogP contribution in [0.25, 0.3) is 0 Å². The number of hydrogen-bond acceptors (Lipinski definition) is 2. The molecule has 1 aliphatic rings. The van der Waals surface area contributed by atoms with Gasteiger partial charge in [0.25, 0.3) is 0 Å². The lowest BCUT2D eigenvalue weighted by molar-refractivity contribution is 0.534. The Kier molecular flexibility index (Phi) is 4.14. The first-order valence-corrected chi connectivity index (χ1v) is 2.41. The molecule has 1 fully saturated rings. The summed E-state index contributed by atoms with van der Waals surface area (Å²) in [7, 11) is 0. The van der Waals surface area contributed by atoms with E-state index >= 15 is 0 Å². The molecule has 1 heterocycles. The summed E-state index contributed by atoms with van der Waals surface area (Å²) in [4.78, 5) is 0. The second kappa shape index (κ2) is 4.15. The van der Waals surface area contributed by atoms with Gasteiger partial charge in [0, 0.05) is 34.6 Å². The Hall–Kier alpha value is -0.0151. The van der Waals surface area contributed by atoms with Gasteiger partial charge in [0.1, 0.15) is 0 Å². The maximum atomic E-state index is 3.22. The highest BCUT2D eigenvalue weighted by molar-refractivity contribution is 5.75. The molecule has 1 saturated heterocycles. The van der Waals surface area contributed by atoms with Crippen LogP contribution in [0.5, 0.6) is 0 Å². The van der Waals surface area contributed by atoms with E-state index in [2.05, 4.69) is 10.6 Å². The Labute approximate surface area is 46.3 Å². The minimum atomic E-state index is 0. The van der Waals surface area contributed by atoms with Gasteiger partial charge in [0.15, 0.2) is 0 Å². The fraction of sp³-hybridized carbons (Fsp3) is 1.00. The first kappa shape index (κ1) is 6.98. The van der Waals surface area contributed by atoms with Crippen molar-refractivity contribution in [3.05, 3.63) is 0 Å². The summed E-state index contributed by atoms with van der Waals surface area (Å²) in [5.74, 6) is 0. The Morgan fingerprint density at radius 1 is 0.714 bits per heavy atom. The molecule has 0 saturated carbocycles. The third-order valence-corrected chi connectivity index (χ3v) is 0.957. The topological polar surface area (TPSA) is 24.1 Å². The fourth-order valence-electron chi connectivity index (χ4n) is 0.604. The minimum absolute atomic E-state index is 0. The quantitative estimate of drug-likeness (QED) is 0.371. The van der Waals surface area contributed by atoms with Gasteiger partial charge in [-0.25, -0.2) is 0 Å².